The molecule has 1 aliphatic carbocycles. The molecule has 3 aliphatic rings. The summed E-state index contributed by atoms with van der Waals surface area (Å²) >= 11 is 0. The first kappa shape index (κ1) is 17.6. The van der Waals surface area contributed by atoms with Gasteiger partial charge in [0, 0.05) is 36.5 Å². The number of benzene rings is 1. The summed E-state index contributed by atoms with van der Waals surface area (Å²) in [6.45, 7) is 12.9. The number of rotatable bonds is 4. The molecule has 2 aliphatic heterocycles. The molecule has 26 heavy (non-hydrogen) atoms. The van der Waals surface area contributed by atoms with Crippen molar-refractivity contribution in [2.75, 3.05) is 26.3 Å². The summed E-state index contributed by atoms with van der Waals surface area (Å²) in [5, 5.41) is 21.4. The number of nitrogens with zero attached hydrogens (tertiary/aromatic N) is 1. The van der Waals surface area contributed by atoms with E-state index in [0.717, 1.165) is 56.8 Å². The van der Waals surface area contributed by atoms with E-state index in [-0.39, 0.29) is 23.3 Å². The monoisotopic (exact) mass is 355 g/mol. The fraction of sp³-hybridized carbons (Fsp3) is 0.545. The van der Waals surface area contributed by atoms with Crippen LogP contribution in [-0.4, -0.2) is 41.4 Å². The van der Waals surface area contributed by atoms with Crippen LogP contribution in [0.15, 0.2) is 35.9 Å². The first-order valence-corrected chi connectivity index (χ1v) is 9.54. The van der Waals surface area contributed by atoms with E-state index in [0.29, 0.717) is 11.0 Å². The Morgan fingerprint density at radius 3 is 2.46 bits per heavy atom. The van der Waals surface area contributed by atoms with Crippen LogP contribution in [0.4, 0.5) is 0 Å². The molecule has 2 N–H and O–H groups in total. The molecule has 4 heteroatoms. The van der Waals surface area contributed by atoms with Gasteiger partial charge in [0.25, 0.3) is 0 Å². The topological polar surface area (TPSA) is 52.9 Å². The predicted octanol–water partition coefficient (Wildman–Crippen LogP) is 3.95. The lowest BCUT2D eigenvalue weighted by molar-refractivity contribution is -0.191. The maximum Gasteiger partial charge on any atom is 0.123 e. The normalized spacial score (nSPS) is 27.5. The Kier molecular flexibility index (Phi) is 4.36. The van der Waals surface area contributed by atoms with Crippen LogP contribution in [0.2, 0.25) is 0 Å². The summed E-state index contributed by atoms with van der Waals surface area (Å²) in [5.74, 6) is 0.652. The van der Waals surface area contributed by atoms with Gasteiger partial charge in [-0.05, 0) is 50.3 Å². The zero-order chi connectivity index (χ0) is 18.5. The third-order valence-corrected chi connectivity index (χ3v) is 6.25. The minimum Gasteiger partial charge on any atom is -0.507 e. The largest absolute Gasteiger partial charge is 0.507 e. The van der Waals surface area contributed by atoms with Crippen LogP contribution in [0.1, 0.15) is 43.7 Å². The molecule has 1 aromatic rings. The zero-order valence-electron chi connectivity index (χ0n) is 15.8. The van der Waals surface area contributed by atoms with Gasteiger partial charge in [0.05, 0.1) is 13.2 Å². The number of ether oxygens (including phenoxy) is 1. The Bertz CT molecular complexity index is 732. The lowest BCUT2D eigenvalue weighted by atomic mass is 9.73. The Labute approximate surface area is 155 Å². The fourth-order valence-electron chi connectivity index (χ4n) is 4.86. The van der Waals surface area contributed by atoms with E-state index < -0.39 is 0 Å². The highest BCUT2D eigenvalue weighted by molar-refractivity contribution is 5.51. The first-order valence-electron chi connectivity index (χ1n) is 9.54. The van der Waals surface area contributed by atoms with Gasteiger partial charge in [-0.3, -0.25) is 4.90 Å². The smallest absolute Gasteiger partial charge is 0.123 e. The third kappa shape index (κ3) is 3.06. The van der Waals surface area contributed by atoms with Crippen molar-refractivity contribution in [2.45, 2.75) is 39.2 Å². The molecule has 1 spiro atoms. The number of likely N-dealkylation sites (tertiary alicyclic amines) is 1. The molecule has 0 aromatic heterocycles. The predicted molar refractivity (Wildman–Crippen MR) is 102 cm³/mol. The SMILES string of the molecule is C=C(C)[C@@H]1CCC(C)=C[C@H]1c1c(O)cc(CN2CC3(COC3)C2)cc1O. The van der Waals surface area contributed by atoms with Crippen LogP contribution in [0, 0.1) is 11.3 Å². The molecule has 2 heterocycles. The minimum absolute atomic E-state index is 0.00490. The number of phenolic OH excluding ortho intramolecular Hbond substituents is 2. The van der Waals surface area contributed by atoms with Gasteiger partial charge in [-0.15, -0.1) is 0 Å². The van der Waals surface area contributed by atoms with Gasteiger partial charge >= 0.3 is 0 Å². The van der Waals surface area contributed by atoms with Crippen LogP contribution >= 0.6 is 0 Å². The number of phenols is 2. The van der Waals surface area contributed by atoms with Crippen molar-refractivity contribution in [3.05, 3.63) is 47.1 Å². The van der Waals surface area contributed by atoms with Crippen LogP contribution in [0.5, 0.6) is 11.5 Å². The van der Waals surface area contributed by atoms with E-state index in [4.69, 9.17) is 4.74 Å². The van der Waals surface area contributed by atoms with Gasteiger partial charge in [0.15, 0.2) is 0 Å². The molecule has 0 amide bonds. The molecule has 1 aromatic carbocycles. The van der Waals surface area contributed by atoms with Crippen LogP contribution < -0.4 is 0 Å². The van der Waals surface area contributed by atoms with Crippen LogP contribution in [-0.2, 0) is 11.3 Å². The number of allylic oxidation sites excluding steroid dienone is 3. The van der Waals surface area contributed by atoms with E-state index >= 15 is 0 Å². The Morgan fingerprint density at radius 2 is 1.92 bits per heavy atom. The molecule has 0 unspecified atom stereocenters. The molecule has 4 rings (SSSR count). The van der Waals surface area contributed by atoms with Gasteiger partial charge in [0.1, 0.15) is 11.5 Å². The average Bonchev–Trinajstić information content (AvgIpc) is 2.47. The highest BCUT2D eigenvalue weighted by Crippen LogP contribution is 2.47. The number of hydrogen-bond acceptors (Lipinski definition) is 4. The van der Waals surface area contributed by atoms with Gasteiger partial charge in [0.2, 0.25) is 0 Å². The molecule has 4 nitrogen and oxygen atoms in total. The van der Waals surface area contributed by atoms with E-state index in [1.54, 1.807) is 0 Å². The van der Waals surface area contributed by atoms with Gasteiger partial charge in [-0.2, -0.15) is 0 Å². The minimum atomic E-state index is -0.00490. The standard InChI is InChI=1S/C22H29NO3/c1-14(2)17-5-4-15(3)6-18(17)21-19(24)7-16(8-20(21)25)9-23-10-22(11-23)12-26-13-22/h6-8,17-18,24-25H,1,4-5,9-13H2,2-3H3/t17-,18+/m0/s1. The quantitative estimate of drug-likeness (QED) is 0.803. The second kappa shape index (κ2) is 6.43. The maximum atomic E-state index is 10.7. The molecule has 2 atom stereocenters. The summed E-state index contributed by atoms with van der Waals surface area (Å²) in [5.41, 5.74) is 4.40. The highest BCUT2D eigenvalue weighted by Gasteiger charge is 2.48. The van der Waals surface area contributed by atoms with Crippen molar-refractivity contribution in [1.82, 2.24) is 4.90 Å². The Balaban J connectivity index is 1.55. The van der Waals surface area contributed by atoms with E-state index in [2.05, 4.69) is 24.5 Å². The second-order valence-corrected chi connectivity index (χ2v) is 8.72. The van der Waals surface area contributed by atoms with Gasteiger partial charge in [-0.25, -0.2) is 0 Å². The molecule has 2 fully saturated rings. The van der Waals surface area contributed by atoms with E-state index in [1.807, 2.05) is 19.1 Å². The summed E-state index contributed by atoms with van der Waals surface area (Å²) in [4.78, 5) is 2.34. The molecule has 2 saturated heterocycles. The van der Waals surface area contributed by atoms with E-state index in [1.165, 1.54) is 5.57 Å². The summed E-state index contributed by atoms with van der Waals surface area (Å²) in [6, 6.07) is 3.65. The molecule has 0 radical (unpaired) electrons. The summed E-state index contributed by atoms with van der Waals surface area (Å²) in [6.07, 6.45) is 4.25. The van der Waals surface area contributed by atoms with Crippen molar-refractivity contribution < 1.29 is 14.9 Å². The number of hydrogen-bond donors (Lipinski definition) is 2. The van der Waals surface area contributed by atoms with Crippen molar-refractivity contribution >= 4 is 0 Å². The third-order valence-electron chi connectivity index (χ3n) is 6.25. The van der Waals surface area contributed by atoms with Crippen LogP contribution in [0.25, 0.3) is 0 Å². The molecule has 140 valence electrons. The molecular weight excluding hydrogens is 326 g/mol. The molecule has 0 saturated carbocycles. The van der Waals surface area contributed by atoms with Gasteiger partial charge in [-0.1, -0.05) is 23.8 Å². The zero-order valence-corrected chi connectivity index (χ0v) is 15.8. The number of aromatic hydroxyl groups is 2. The van der Waals surface area contributed by atoms with Gasteiger partial charge < -0.3 is 14.9 Å². The Hall–Kier alpha value is -1.78. The molecule has 0 bridgehead atoms. The fourth-order valence-corrected chi connectivity index (χ4v) is 4.86. The lowest BCUT2D eigenvalue weighted by Gasteiger charge is -2.55. The Morgan fingerprint density at radius 1 is 1.27 bits per heavy atom. The van der Waals surface area contributed by atoms with Crippen molar-refractivity contribution in [1.29, 1.82) is 0 Å². The first-order chi connectivity index (χ1) is 12.4. The second-order valence-electron chi connectivity index (χ2n) is 8.72. The highest BCUT2D eigenvalue weighted by atomic mass is 16.5. The lowest BCUT2D eigenvalue weighted by Crippen LogP contribution is -2.65. The van der Waals surface area contributed by atoms with E-state index in [9.17, 15) is 10.2 Å². The van der Waals surface area contributed by atoms with Crippen LogP contribution in [0.3, 0.4) is 0 Å². The summed E-state index contributed by atoms with van der Waals surface area (Å²) < 4.78 is 5.32. The maximum absolute atomic E-state index is 10.7. The summed E-state index contributed by atoms with van der Waals surface area (Å²) in [7, 11) is 0. The average molecular weight is 355 g/mol. The van der Waals surface area contributed by atoms with Crippen molar-refractivity contribution in [3.8, 4) is 11.5 Å². The van der Waals surface area contributed by atoms with Crippen molar-refractivity contribution in [2.24, 2.45) is 11.3 Å². The molecular formula is C22H29NO3. The van der Waals surface area contributed by atoms with Crippen molar-refractivity contribution in [3.63, 3.8) is 0 Å².